The zero-order chi connectivity index (χ0) is 22.3. The van der Waals surface area contributed by atoms with Gasteiger partial charge >= 0.3 is 0 Å². The van der Waals surface area contributed by atoms with E-state index in [2.05, 4.69) is 55.4 Å². The van der Waals surface area contributed by atoms with E-state index in [0.717, 1.165) is 5.57 Å². The molecule has 166 valence electrons. The summed E-state index contributed by atoms with van der Waals surface area (Å²) >= 11 is 6.20. The number of hydrogen-bond donors (Lipinski definition) is 1. The van der Waals surface area contributed by atoms with Crippen molar-refractivity contribution in [2.24, 2.45) is 5.92 Å². The molecule has 0 spiro atoms. The number of rotatable bonds is 7. The summed E-state index contributed by atoms with van der Waals surface area (Å²) in [5.41, 5.74) is 7.95. The smallest absolute Gasteiger partial charge is 0.223 e. The minimum atomic E-state index is -1.91. The number of methoxy groups -OCH3 is 1. The lowest BCUT2D eigenvalue weighted by Crippen LogP contribution is -2.42. The maximum atomic E-state index is 6.52. The molecule has 0 radical (unpaired) electrons. The van der Waals surface area contributed by atoms with Crippen molar-refractivity contribution in [3.8, 4) is 0 Å². The summed E-state index contributed by atoms with van der Waals surface area (Å²) < 4.78 is 19.6. The van der Waals surface area contributed by atoms with Crippen LogP contribution in [0.1, 0.15) is 33.2 Å². The molecule has 3 atom stereocenters. The topological polar surface area (TPSA) is 97.3 Å². The van der Waals surface area contributed by atoms with Gasteiger partial charge in [0, 0.05) is 19.6 Å². The second kappa shape index (κ2) is 8.55. The molecular weight excluding hydrogens is 422 g/mol. The first-order valence-corrected chi connectivity index (χ1v) is 13.3. The van der Waals surface area contributed by atoms with Crippen molar-refractivity contribution in [1.82, 2.24) is 19.5 Å². The lowest BCUT2D eigenvalue weighted by molar-refractivity contribution is -0.0861. The number of hydrogen-bond acceptors (Lipinski definition) is 7. The number of fused-ring (bicyclic) bond motifs is 1. The van der Waals surface area contributed by atoms with Crippen LogP contribution in [0.15, 0.2) is 18.5 Å². The summed E-state index contributed by atoms with van der Waals surface area (Å²) in [4.78, 5) is 12.7. The summed E-state index contributed by atoms with van der Waals surface area (Å²) in [6.07, 6.45) is 2.34. The monoisotopic (exact) mass is 453 g/mol. The lowest BCUT2D eigenvalue weighted by atomic mass is 10.0. The number of aromatic nitrogens is 4. The summed E-state index contributed by atoms with van der Waals surface area (Å²) in [6, 6.07) is -0.0600. The molecule has 2 aromatic rings. The zero-order valence-corrected chi connectivity index (χ0v) is 20.4. The number of anilines is 1. The largest absolute Gasteiger partial charge is 0.416 e. The molecule has 2 N–H and O–H groups in total. The van der Waals surface area contributed by atoms with Crippen LogP contribution in [0.2, 0.25) is 23.3 Å². The van der Waals surface area contributed by atoms with Crippen LogP contribution in [-0.4, -0.2) is 54.5 Å². The Labute approximate surface area is 183 Å². The standard InChI is InChI=1S/C20H32ClN5O3Si/c1-12-13(9-29-30(6,7)20(2,3)4)15(28-11-27-5)8-14(12)26-10-23-16-17(21)24-19(22)25-18(16)26/h10,13-15H,1,8-9,11H2,2-7H3,(H2,22,24,25)/t13-,14-,15-/m0/s1. The maximum Gasteiger partial charge on any atom is 0.223 e. The van der Waals surface area contributed by atoms with Gasteiger partial charge in [0.05, 0.1) is 18.5 Å². The third-order valence-electron chi connectivity index (χ3n) is 6.37. The average Bonchev–Trinajstić information content (AvgIpc) is 3.18. The number of nitrogens with zero attached hydrogens (tertiary/aromatic N) is 4. The first-order chi connectivity index (χ1) is 14.0. The minimum Gasteiger partial charge on any atom is -0.416 e. The van der Waals surface area contributed by atoms with Crippen molar-refractivity contribution >= 4 is 37.0 Å². The molecular formula is C20H32ClN5O3Si. The van der Waals surface area contributed by atoms with Gasteiger partial charge in [-0.3, -0.25) is 0 Å². The van der Waals surface area contributed by atoms with Crippen LogP contribution in [0.5, 0.6) is 0 Å². The normalized spacial score (nSPS) is 22.9. The third-order valence-corrected chi connectivity index (χ3v) is 11.1. The van der Waals surface area contributed by atoms with Gasteiger partial charge in [-0.15, -0.1) is 0 Å². The van der Waals surface area contributed by atoms with E-state index in [1.54, 1.807) is 13.4 Å². The second-order valence-corrected chi connectivity index (χ2v) is 14.5. The van der Waals surface area contributed by atoms with Crippen LogP contribution in [0.4, 0.5) is 5.95 Å². The Balaban J connectivity index is 1.89. The average molecular weight is 454 g/mol. The van der Waals surface area contributed by atoms with Crippen LogP contribution < -0.4 is 5.73 Å². The Morgan fingerprint density at radius 1 is 1.33 bits per heavy atom. The maximum absolute atomic E-state index is 6.52. The van der Waals surface area contributed by atoms with E-state index in [9.17, 15) is 0 Å². The number of nitrogen functional groups attached to an aromatic ring is 1. The molecule has 1 aliphatic rings. The van der Waals surface area contributed by atoms with Crippen molar-refractivity contribution in [3.05, 3.63) is 23.6 Å². The molecule has 0 unspecified atom stereocenters. The van der Waals surface area contributed by atoms with Crippen LogP contribution in [0.3, 0.4) is 0 Å². The summed E-state index contributed by atoms with van der Waals surface area (Å²) in [5, 5.41) is 0.367. The van der Waals surface area contributed by atoms with E-state index in [0.29, 0.717) is 24.2 Å². The van der Waals surface area contributed by atoms with Crippen LogP contribution >= 0.6 is 11.6 Å². The fourth-order valence-electron chi connectivity index (χ4n) is 3.51. The van der Waals surface area contributed by atoms with Crippen molar-refractivity contribution in [3.63, 3.8) is 0 Å². The molecule has 1 aliphatic carbocycles. The molecule has 2 aromatic heterocycles. The van der Waals surface area contributed by atoms with Gasteiger partial charge in [0.25, 0.3) is 0 Å². The van der Waals surface area contributed by atoms with E-state index in [1.807, 2.05) is 4.57 Å². The van der Waals surface area contributed by atoms with E-state index < -0.39 is 8.32 Å². The highest BCUT2D eigenvalue weighted by Crippen LogP contribution is 2.44. The number of ether oxygens (including phenoxy) is 2. The summed E-state index contributed by atoms with van der Waals surface area (Å²) in [6.45, 7) is 16.4. The van der Waals surface area contributed by atoms with Crippen LogP contribution in [0, 0.1) is 5.92 Å². The fourth-order valence-corrected chi connectivity index (χ4v) is 4.76. The highest BCUT2D eigenvalue weighted by molar-refractivity contribution is 6.74. The molecule has 3 rings (SSSR count). The zero-order valence-electron chi connectivity index (χ0n) is 18.6. The predicted molar refractivity (Wildman–Crippen MR) is 121 cm³/mol. The quantitative estimate of drug-likeness (QED) is 0.290. The van der Waals surface area contributed by atoms with E-state index >= 15 is 0 Å². The third kappa shape index (κ3) is 4.40. The molecule has 0 amide bonds. The lowest BCUT2D eigenvalue weighted by Gasteiger charge is -2.37. The SMILES string of the molecule is C=C1[C@H](CO[Si](C)(C)C(C)(C)C)[C@@H](OCOC)C[C@@H]1n1cnc2c(Cl)nc(N)nc21. The second-order valence-electron chi connectivity index (χ2n) is 9.31. The Morgan fingerprint density at radius 3 is 2.67 bits per heavy atom. The van der Waals surface area contributed by atoms with Gasteiger partial charge in [0.2, 0.25) is 5.95 Å². The highest BCUT2D eigenvalue weighted by Gasteiger charge is 2.43. The predicted octanol–water partition coefficient (Wildman–Crippen LogP) is 4.19. The Bertz CT molecular complexity index is 927. The molecule has 8 nitrogen and oxygen atoms in total. The molecule has 2 heterocycles. The van der Waals surface area contributed by atoms with Crippen molar-refractivity contribution in [1.29, 1.82) is 0 Å². The van der Waals surface area contributed by atoms with E-state index in [4.69, 9.17) is 31.2 Å². The summed E-state index contributed by atoms with van der Waals surface area (Å²) in [7, 11) is -0.293. The van der Waals surface area contributed by atoms with Crippen molar-refractivity contribution in [2.75, 3.05) is 26.2 Å². The van der Waals surface area contributed by atoms with E-state index in [-0.39, 0.29) is 41.0 Å². The minimum absolute atomic E-state index is 0.0337. The van der Waals surface area contributed by atoms with Gasteiger partial charge in [-0.25, -0.2) is 4.98 Å². The van der Waals surface area contributed by atoms with Gasteiger partial charge in [-0.1, -0.05) is 39.0 Å². The number of imidazole rings is 1. The molecule has 0 aliphatic heterocycles. The fraction of sp³-hybridized carbons (Fsp3) is 0.650. The van der Waals surface area contributed by atoms with Gasteiger partial charge in [-0.2, -0.15) is 9.97 Å². The molecule has 10 heteroatoms. The number of nitrogens with two attached hydrogens (primary N) is 1. The first kappa shape index (κ1) is 23.1. The van der Waals surface area contributed by atoms with E-state index in [1.165, 1.54) is 0 Å². The first-order valence-electron chi connectivity index (χ1n) is 10.0. The van der Waals surface area contributed by atoms with Crippen molar-refractivity contribution < 1.29 is 13.9 Å². The highest BCUT2D eigenvalue weighted by atomic mass is 35.5. The number of halogens is 1. The molecule has 1 fully saturated rings. The summed E-state index contributed by atoms with van der Waals surface area (Å²) in [5.74, 6) is 0.147. The van der Waals surface area contributed by atoms with Gasteiger partial charge in [0.15, 0.2) is 19.1 Å². The molecule has 0 aromatic carbocycles. The van der Waals surface area contributed by atoms with Crippen LogP contribution in [0.25, 0.3) is 11.2 Å². The van der Waals surface area contributed by atoms with Gasteiger partial charge < -0.3 is 24.2 Å². The Kier molecular flexibility index (Phi) is 6.59. The Morgan fingerprint density at radius 2 is 2.03 bits per heavy atom. The van der Waals surface area contributed by atoms with Crippen LogP contribution in [-0.2, 0) is 13.9 Å². The van der Waals surface area contributed by atoms with Crippen molar-refractivity contribution in [2.45, 2.75) is 57.5 Å². The van der Waals surface area contributed by atoms with Gasteiger partial charge in [0.1, 0.15) is 12.3 Å². The molecule has 1 saturated carbocycles. The molecule has 0 bridgehead atoms. The molecule has 0 saturated heterocycles. The van der Waals surface area contributed by atoms with Gasteiger partial charge in [-0.05, 0) is 30.1 Å². The Hall–Kier alpha value is -1.52. The molecule has 30 heavy (non-hydrogen) atoms.